The van der Waals surface area contributed by atoms with Crippen LogP contribution in [0, 0.1) is 0 Å². The van der Waals surface area contributed by atoms with Crippen molar-refractivity contribution in [2.24, 2.45) is 0 Å². The van der Waals surface area contributed by atoms with E-state index in [2.05, 4.69) is 6.92 Å². The summed E-state index contributed by atoms with van der Waals surface area (Å²) in [6.07, 6.45) is 3.28. The van der Waals surface area contributed by atoms with E-state index in [1.807, 2.05) is 0 Å². The van der Waals surface area contributed by atoms with Gasteiger partial charge in [0, 0.05) is 6.61 Å². The van der Waals surface area contributed by atoms with Gasteiger partial charge in [0.25, 0.3) is 0 Å². The lowest BCUT2D eigenvalue weighted by Crippen LogP contribution is -2.58. The highest BCUT2D eigenvalue weighted by atomic mass is 16.6. The van der Waals surface area contributed by atoms with Crippen LogP contribution >= 0.6 is 0 Å². The van der Waals surface area contributed by atoms with E-state index >= 15 is 0 Å². The van der Waals surface area contributed by atoms with Gasteiger partial charge in [-0.15, -0.1) is 0 Å². The Kier molecular flexibility index (Phi) is 10.2. The van der Waals surface area contributed by atoms with Crippen molar-refractivity contribution in [3.63, 3.8) is 0 Å². The summed E-state index contributed by atoms with van der Waals surface area (Å²) in [6, 6.07) is 0. The van der Waals surface area contributed by atoms with Gasteiger partial charge in [-0.3, -0.25) is 0 Å². The molecular weight excluding hydrogens is 288 g/mol. The first-order valence-corrected chi connectivity index (χ1v) is 8.53. The van der Waals surface area contributed by atoms with Crippen LogP contribution in [0.4, 0.5) is 0 Å². The summed E-state index contributed by atoms with van der Waals surface area (Å²) in [5, 5.41) is 38.0. The molecule has 0 saturated carbocycles. The van der Waals surface area contributed by atoms with E-state index in [4.69, 9.17) is 9.47 Å². The molecule has 1 fully saturated rings. The van der Waals surface area contributed by atoms with Crippen LogP contribution in [0.25, 0.3) is 0 Å². The molecule has 0 amide bonds. The largest absolute Gasteiger partial charge is 0.387 e. The normalized spacial score (nSPS) is 32.3. The van der Waals surface area contributed by atoms with E-state index in [0.717, 1.165) is 12.8 Å². The maximum atomic E-state index is 9.74. The number of ether oxygens (including phenoxy) is 2. The number of aliphatic hydroxyl groups is 4. The van der Waals surface area contributed by atoms with E-state index in [0.29, 0.717) is 6.61 Å². The molecule has 1 rings (SSSR count). The molecule has 6 nitrogen and oxygen atoms in total. The van der Waals surface area contributed by atoms with Crippen molar-refractivity contribution in [2.45, 2.75) is 89.0 Å². The van der Waals surface area contributed by atoms with Gasteiger partial charge in [-0.25, -0.2) is 0 Å². The van der Waals surface area contributed by atoms with Crippen LogP contribution in [0.1, 0.15) is 58.3 Å². The molecule has 0 bridgehead atoms. The van der Waals surface area contributed by atoms with Crippen molar-refractivity contribution < 1.29 is 29.9 Å². The number of rotatable bonds is 11. The number of hydrogen-bond acceptors (Lipinski definition) is 6. The van der Waals surface area contributed by atoms with Crippen LogP contribution in [0.15, 0.2) is 0 Å². The molecular formula is C16H32O6. The average Bonchev–Trinajstić information content (AvgIpc) is 2.51. The fourth-order valence-corrected chi connectivity index (χ4v) is 2.61. The summed E-state index contributed by atoms with van der Waals surface area (Å²) in [4.78, 5) is 0. The minimum Gasteiger partial charge on any atom is -0.387 e. The monoisotopic (exact) mass is 320 g/mol. The van der Waals surface area contributed by atoms with E-state index in [-0.39, 0.29) is 6.61 Å². The van der Waals surface area contributed by atoms with Gasteiger partial charge in [-0.05, 0) is 6.42 Å². The van der Waals surface area contributed by atoms with Crippen molar-refractivity contribution in [3.05, 3.63) is 0 Å². The first-order chi connectivity index (χ1) is 10.6. The molecule has 1 heterocycles. The zero-order valence-corrected chi connectivity index (χ0v) is 13.6. The molecule has 0 radical (unpaired) electrons. The summed E-state index contributed by atoms with van der Waals surface area (Å²) < 4.78 is 10.5. The molecule has 0 spiro atoms. The molecule has 0 aliphatic carbocycles. The zero-order valence-electron chi connectivity index (χ0n) is 13.6. The Balaban J connectivity index is 2.00. The maximum absolute atomic E-state index is 9.74. The van der Waals surface area contributed by atoms with Gasteiger partial charge in [0.15, 0.2) is 6.29 Å². The summed E-state index contributed by atoms with van der Waals surface area (Å²) in [6.45, 7) is 2.87. The van der Waals surface area contributed by atoms with Gasteiger partial charge in [0.2, 0.25) is 0 Å². The third kappa shape index (κ3) is 6.89. The second-order valence-electron chi connectivity index (χ2n) is 6.09. The second kappa shape index (κ2) is 11.3. The molecule has 1 aliphatic heterocycles. The van der Waals surface area contributed by atoms with Crippen molar-refractivity contribution in [3.8, 4) is 0 Å². The second-order valence-corrected chi connectivity index (χ2v) is 6.09. The number of aliphatic hydroxyl groups excluding tert-OH is 4. The van der Waals surface area contributed by atoms with Gasteiger partial charge >= 0.3 is 0 Å². The average molecular weight is 320 g/mol. The molecule has 1 aliphatic rings. The van der Waals surface area contributed by atoms with Crippen molar-refractivity contribution in [2.75, 3.05) is 13.2 Å². The summed E-state index contributed by atoms with van der Waals surface area (Å²) in [5.41, 5.74) is 0. The quantitative estimate of drug-likeness (QED) is 0.423. The molecule has 6 heteroatoms. The third-order valence-electron chi connectivity index (χ3n) is 4.11. The topological polar surface area (TPSA) is 99.4 Å². The first-order valence-electron chi connectivity index (χ1n) is 8.53. The van der Waals surface area contributed by atoms with Crippen LogP contribution in [-0.2, 0) is 9.47 Å². The Bertz CT molecular complexity index is 275. The number of hydrogen-bond donors (Lipinski definition) is 4. The highest BCUT2D eigenvalue weighted by Crippen LogP contribution is 2.20. The van der Waals surface area contributed by atoms with Crippen LogP contribution in [0.2, 0.25) is 0 Å². The highest BCUT2D eigenvalue weighted by Gasteiger charge is 2.42. The van der Waals surface area contributed by atoms with E-state index in [1.165, 1.54) is 38.5 Å². The fraction of sp³-hybridized carbons (Fsp3) is 1.00. The standard InChI is InChI=1S/C16H32O6/c1-2-3-4-5-6-7-8-9-10-21-11-12-13(17)14(18)15(19)16(20)22-12/h12-20H,2-11H2,1H3/t12?,13-,14+,15?,16+/m1/s1. The zero-order chi connectivity index (χ0) is 16.4. The molecule has 0 aromatic heterocycles. The van der Waals surface area contributed by atoms with Crippen LogP contribution in [0.5, 0.6) is 0 Å². The van der Waals surface area contributed by atoms with Gasteiger partial charge in [0.1, 0.15) is 24.4 Å². The smallest absolute Gasteiger partial charge is 0.184 e. The highest BCUT2D eigenvalue weighted by molar-refractivity contribution is 4.88. The lowest BCUT2D eigenvalue weighted by molar-refractivity contribution is -0.288. The summed E-state index contributed by atoms with van der Waals surface area (Å²) in [7, 11) is 0. The van der Waals surface area contributed by atoms with Gasteiger partial charge in [0.05, 0.1) is 6.61 Å². The Morgan fingerprint density at radius 3 is 2.00 bits per heavy atom. The molecule has 0 aromatic rings. The molecule has 4 N–H and O–H groups in total. The molecule has 0 aromatic carbocycles. The number of unbranched alkanes of at least 4 members (excludes halogenated alkanes) is 7. The SMILES string of the molecule is CCCCCCCCCCOCC1O[C@H](O)C(O)[C@@H](O)[C@@H]1O. The van der Waals surface area contributed by atoms with E-state index in [1.54, 1.807) is 0 Å². The molecule has 5 atom stereocenters. The third-order valence-corrected chi connectivity index (χ3v) is 4.11. The maximum Gasteiger partial charge on any atom is 0.184 e. The van der Waals surface area contributed by atoms with E-state index in [9.17, 15) is 20.4 Å². The first kappa shape index (κ1) is 19.8. The molecule has 1 saturated heterocycles. The van der Waals surface area contributed by atoms with Crippen LogP contribution < -0.4 is 0 Å². The van der Waals surface area contributed by atoms with E-state index < -0.39 is 30.7 Å². The molecule has 132 valence electrons. The summed E-state index contributed by atoms with van der Waals surface area (Å²) in [5.74, 6) is 0. The fourth-order valence-electron chi connectivity index (χ4n) is 2.61. The van der Waals surface area contributed by atoms with Gasteiger partial charge in [-0.2, -0.15) is 0 Å². The van der Waals surface area contributed by atoms with Crippen molar-refractivity contribution >= 4 is 0 Å². The molecule has 22 heavy (non-hydrogen) atoms. The summed E-state index contributed by atoms with van der Waals surface area (Å²) >= 11 is 0. The minimum absolute atomic E-state index is 0.0957. The Morgan fingerprint density at radius 2 is 1.36 bits per heavy atom. The Morgan fingerprint density at radius 1 is 0.773 bits per heavy atom. The predicted octanol–water partition coefficient (Wildman–Crippen LogP) is 0.944. The van der Waals surface area contributed by atoms with Gasteiger partial charge in [-0.1, -0.05) is 51.9 Å². The Hall–Kier alpha value is -0.240. The lowest BCUT2D eigenvalue weighted by Gasteiger charge is -2.38. The molecule has 2 unspecified atom stereocenters. The van der Waals surface area contributed by atoms with Crippen LogP contribution in [0.3, 0.4) is 0 Å². The minimum atomic E-state index is -1.49. The van der Waals surface area contributed by atoms with Crippen molar-refractivity contribution in [1.29, 1.82) is 0 Å². The Labute approximate surface area is 133 Å². The van der Waals surface area contributed by atoms with Gasteiger partial charge < -0.3 is 29.9 Å². The van der Waals surface area contributed by atoms with Crippen LogP contribution in [-0.4, -0.2) is 64.3 Å². The lowest BCUT2D eigenvalue weighted by atomic mass is 9.99. The predicted molar refractivity (Wildman–Crippen MR) is 82.3 cm³/mol. The van der Waals surface area contributed by atoms with Crippen molar-refractivity contribution in [1.82, 2.24) is 0 Å².